The van der Waals surface area contributed by atoms with Crippen molar-refractivity contribution < 1.29 is 9.59 Å². The van der Waals surface area contributed by atoms with Crippen molar-refractivity contribution in [1.29, 1.82) is 0 Å². The summed E-state index contributed by atoms with van der Waals surface area (Å²) in [5, 5.41) is 4.81. The maximum absolute atomic E-state index is 11.5. The van der Waals surface area contributed by atoms with E-state index in [-0.39, 0.29) is 11.5 Å². The number of nitrogens with one attached hydrogen (secondary N) is 2. The molecule has 0 saturated carbocycles. The Hall–Kier alpha value is -1.47. The van der Waals surface area contributed by atoms with Crippen LogP contribution in [0, 0.1) is 6.92 Å². The second kappa shape index (κ2) is 6.46. The predicted octanol–water partition coefficient (Wildman–Crippen LogP) is 1.10. The maximum Gasteiger partial charge on any atom is 0.313 e. The molecule has 0 aliphatic rings. The van der Waals surface area contributed by atoms with Crippen LogP contribution in [0.4, 0.5) is 5.69 Å². The molecule has 0 aromatic heterocycles. The van der Waals surface area contributed by atoms with E-state index in [1.54, 1.807) is 12.1 Å². The van der Waals surface area contributed by atoms with Crippen LogP contribution >= 0.6 is 28.1 Å². The summed E-state index contributed by atoms with van der Waals surface area (Å²) in [6, 6.07) is 5.32. The van der Waals surface area contributed by atoms with Crippen LogP contribution < -0.4 is 16.4 Å². The highest BCUT2D eigenvalue weighted by Gasteiger charge is 2.14. The fourth-order valence-corrected chi connectivity index (χ4v) is 1.74. The van der Waals surface area contributed by atoms with Crippen LogP contribution in [0.3, 0.4) is 0 Å². The van der Waals surface area contributed by atoms with Crippen LogP contribution in [-0.4, -0.2) is 23.3 Å². The standard InChI is InChI=1S/C11H12BrN3O2S/c1-6-4-7(12)2-3-8(6)15-11(17)10(16)14-5-9(13)18/h2-4H,5H2,1H3,(H2,13,18)(H,14,16)(H,15,17). The molecule has 0 saturated heterocycles. The minimum atomic E-state index is -0.773. The highest BCUT2D eigenvalue weighted by atomic mass is 79.9. The summed E-state index contributed by atoms with van der Waals surface area (Å²) in [6.45, 7) is 1.83. The number of carbonyl (C=O) groups excluding carboxylic acids is 2. The number of hydrogen-bond donors (Lipinski definition) is 3. The second-order valence-corrected chi connectivity index (χ2v) is 5.00. The van der Waals surface area contributed by atoms with Gasteiger partial charge in [0.15, 0.2) is 0 Å². The molecule has 5 nitrogen and oxygen atoms in total. The molecule has 1 aromatic rings. The van der Waals surface area contributed by atoms with Crippen molar-refractivity contribution in [3.8, 4) is 0 Å². The van der Waals surface area contributed by atoms with E-state index < -0.39 is 11.8 Å². The lowest BCUT2D eigenvalue weighted by molar-refractivity contribution is -0.135. The highest BCUT2D eigenvalue weighted by molar-refractivity contribution is 9.10. The Balaban J connectivity index is 2.64. The topological polar surface area (TPSA) is 84.2 Å². The van der Waals surface area contributed by atoms with Gasteiger partial charge in [-0.3, -0.25) is 9.59 Å². The number of benzene rings is 1. The van der Waals surface area contributed by atoms with Gasteiger partial charge in [0.25, 0.3) is 0 Å². The lowest BCUT2D eigenvalue weighted by Crippen LogP contribution is -2.39. The summed E-state index contributed by atoms with van der Waals surface area (Å²) in [7, 11) is 0. The first-order valence-corrected chi connectivity index (χ1v) is 6.24. The van der Waals surface area contributed by atoms with E-state index in [1.165, 1.54) is 0 Å². The Labute approximate surface area is 118 Å². The molecule has 0 unspecified atom stereocenters. The Morgan fingerprint density at radius 1 is 1.39 bits per heavy atom. The zero-order valence-electron chi connectivity index (χ0n) is 9.62. The van der Waals surface area contributed by atoms with Crippen molar-refractivity contribution in [2.45, 2.75) is 6.92 Å². The predicted molar refractivity (Wildman–Crippen MR) is 77.3 cm³/mol. The molecular weight excluding hydrogens is 318 g/mol. The number of anilines is 1. The third kappa shape index (κ3) is 4.42. The van der Waals surface area contributed by atoms with Gasteiger partial charge in [0, 0.05) is 10.2 Å². The third-order valence-corrected chi connectivity index (χ3v) is 2.70. The van der Waals surface area contributed by atoms with Gasteiger partial charge in [0.05, 0.1) is 11.5 Å². The lowest BCUT2D eigenvalue weighted by Gasteiger charge is -2.08. The number of carbonyl (C=O) groups is 2. The Morgan fingerprint density at radius 2 is 2.06 bits per heavy atom. The van der Waals surface area contributed by atoms with Crippen LogP contribution in [0.1, 0.15) is 5.56 Å². The molecule has 0 aliphatic carbocycles. The summed E-state index contributed by atoms with van der Waals surface area (Å²) in [5.74, 6) is -1.53. The van der Waals surface area contributed by atoms with Crippen molar-refractivity contribution in [3.05, 3.63) is 28.2 Å². The molecule has 0 spiro atoms. The molecule has 96 valence electrons. The number of thiocarbonyl (C=S) groups is 1. The van der Waals surface area contributed by atoms with Crippen molar-refractivity contribution >= 4 is 50.6 Å². The van der Waals surface area contributed by atoms with Gasteiger partial charge in [0.1, 0.15) is 0 Å². The van der Waals surface area contributed by atoms with Gasteiger partial charge in [-0.1, -0.05) is 28.1 Å². The number of nitrogens with two attached hydrogens (primary N) is 1. The second-order valence-electron chi connectivity index (χ2n) is 3.56. The summed E-state index contributed by atoms with van der Waals surface area (Å²) >= 11 is 7.90. The van der Waals surface area contributed by atoms with Gasteiger partial charge in [-0.15, -0.1) is 0 Å². The molecular formula is C11H12BrN3O2S. The van der Waals surface area contributed by atoms with Crippen molar-refractivity contribution in [1.82, 2.24) is 5.32 Å². The number of hydrogen-bond acceptors (Lipinski definition) is 3. The van der Waals surface area contributed by atoms with E-state index in [4.69, 9.17) is 5.73 Å². The number of aryl methyl sites for hydroxylation is 1. The molecule has 0 bridgehead atoms. The molecule has 0 aliphatic heterocycles. The first-order chi connectivity index (χ1) is 8.40. The molecule has 18 heavy (non-hydrogen) atoms. The van der Waals surface area contributed by atoms with Gasteiger partial charge < -0.3 is 16.4 Å². The van der Waals surface area contributed by atoms with Gasteiger partial charge in [0.2, 0.25) is 0 Å². The molecule has 4 N–H and O–H groups in total. The number of halogens is 1. The third-order valence-electron chi connectivity index (χ3n) is 2.07. The zero-order valence-corrected chi connectivity index (χ0v) is 12.0. The van der Waals surface area contributed by atoms with Crippen LogP contribution in [-0.2, 0) is 9.59 Å². The molecule has 0 atom stereocenters. The molecule has 0 heterocycles. The molecule has 0 radical (unpaired) electrons. The fraction of sp³-hybridized carbons (Fsp3) is 0.182. The summed E-state index contributed by atoms with van der Waals surface area (Å²) in [4.78, 5) is 23.0. The number of rotatable bonds is 3. The smallest absolute Gasteiger partial charge is 0.313 e. The maximum atomic E-state index is 11.5. The van der Waals surface area contributed by atoms with E-state index in [2.05, 4.69) is 38.8 Å². The van der Waals surface area contributed by atoms with Gasteiger partial charge in [-0.05, 0) is 30.7 Å². The first-order valence-electron chi connectivity index (χ1n) is 5.04. The quantitative estimate of drug-likeness (QED) is 0.572. The van der Waals surface area contributed by atoms with Crippen molar-refractivity contribution in [2.75, 3.05) is 11.9 Å². The van der Waals surface area contributed by atoms with E-state index in [0.29, 0.717) is 5.69 Å². The molecule has 0 fully saturated rings. The summed E-state index contributed by atoms with van der Waals surface area (Å²) in [6.07, 6.45) is 0. The molecule has 1 rings (SSSR count). The Kier molecular flexibility index (Phi) is 5.24. The van der Waals surface area contributed by atoms with Crippen LogP contribution in [0.15, 0.2) is 22.7 Å². The largest absolute Gasteiger partial charge is 0.392 e. The average Bonchev–Trinajstić information content (AvgIpc) is 2.29. The van der Waals surface area contributed by atoms with Gasteiger partial charge >= 0.3 is 11.8 Å². The molecule has 1 aromatic carbocycles. The first kappa shape index (κ1) is 14.6. The van der Waals surface area contributed by atoms with Crippen molar-refractivity contribution in [2.24, 2.45) is 5.73 Å². The fourth-order valence-electron chi connectivity index (χ4n) is 1.19. The zero-order chi connectivity index (χ0) is 13.7. The summed E-state index contributed by atoms with van der Waals surface area (Å²) in [5.41, 5.74) is 6.64. The van der Waals surface area contributed by atoms with Crippen LogP contribution in [0.5, 0.6) is 0 Å². The highest BCUT2D eigenvalue weighted by Crippen LogP contribution is 2.19. The van der Waals surface area contributed by atoms with E-state index in [0.717, 1.165) is 10.0 Å². The van der Waals surface area contributed by atoms with E-state index in [1.807, 2.05) is 13.0 Å². The molecule has 7 heteroatoms. The normalized spacial score (nSPS) is 9.67. The van der Waals surface area contributed by atoms with Gasteiger partial charge in [-0.2, -0.15) is 0 Å². The van der Waals surface area contributed by atoms with Crippen LogP contribution in [0.25, 0.3) is 0 Å². The van der Waals surface area contributed by atoms with E-state index in [9.17, 15) is 9.59 Å². The number of amides is 2. The Bertz CT molecular complexity index is 505. The minimum absolute atomic E-state index is 0.000899. The lowest BCUT2D eigenvalue weighted by atomic mass is 10.2. The monoisotopic (exact) mass is 329 g/mol. The summed E-state index contributed by atoms with van der Waals surface area (Å²) < 4.78 is 0.899. The van der Waals surface area contributed by atoms with Crippen LogP contribution in [0.2, 0.25) is 0 Å². The average molecular weight is 330 g/mol. The van der Waals surface area contributed by atoms with E-state index >= 15 is 0 Å². The van der Waals surface area contributed by atoms with Crippen molar-refractivity contribution in [3.63, 3.8) is 0 Å². The van der Waals surface area contributed by atoms with Gasteiger partial charge in [-0.25, -0.2) is 0 Å². The molecule has 2 amide bonds. The SMILES string of the molecule is Cc1cc(Br)ccc1NC(=O)C(=O)NCC(N)=S. The minimum Gasteiger partial charge on any atom is -0.392 e. The Morgan fingerprint density at radius 3 is 2.61 bits per heavy atom.